The molecule has 5 rings (SSSR count). The Hall–Kier alpha value is -4.12. The molecule has 3 aromatic heterocycles. The van der Waals surface area contributed by atoms with E-state index in [2.05, 4.69) is 25.5 Å². The fourth-order valence-corrected chi connectivity index (χ4v) is 3.95. The normalized spacial score (nSPS) is 13.2. The smallest absolute Gasteiger partial charge is 0.259 e. The quantitative estimate of drug-likeness (QED) is 0.318. The lowest BCUT2D eigenvalue weighted by Gasteiger charge is -2.15. The number of nitrogens with one attached hydrogen (secondary N) is 1. The Bertz CT molecular complexity index is 1410. The number of ether oxygens (including phenoxy) is 2. The SMILES string of the molecule is COCCOc1cc(F)c(C(=O)Nc2cccc(-c3nncn3C(C)C)n2)cc1-n1cnc(C2CC2)c1. The molecule has 1 amide bonds. The Kier molecular flexibility index (Phi) is 6.95. The van der Waals surface area contributed by atoms with Crippen molar-refractivity contribution in [3.8, 4) is 23.0 Å². The number of amides is 1. The van der Waals surface area contributed by atoms with Crippen molar-refractivity contribution in [3.63, 3.8) is 0 Å². The maximum Gasteiger partial charge on any atom is 0.259 e. The van der Waals surface area contributed by atoms with E-state index in [4.69, 9.17) is 9.47 Å². The van der Waals surface area contributed by atoms with E-state index in [0.717, 1.165) is 18.5 Å². The number of hydrogen-bond acceptors (Lipinski definition) is 7. The molecule has 1 saturated carbocycles. The summed E-state index contributed by atoms with van der Waals surface area (Å²) in [6, 6.07) is 7.97. The summed E-state index contributed by atoms with van der Waals surface area (Å²) in [4.78, 5) is 22.2. The number of hydrogen-bond donors (Lipinski definition) is 1. The first-order valence-electron chi connectivity index (χ1n) is 12.1. The minimum atomic E-state index is -0.716. The molecule has 1 fully saturated rings. The van der Waals surface area contributed by atoms with Crippen LogP contribution in [0.2, 0.25) is 0 Å². The van der Waals surface area contributed by atoms with Crippen LogP contribution in [0.4, 0.5) is 10.2 Å². The van der Waals surface area contributed by atoms with Gasteiger partial charge in [-0.2, -0.15) is 0 Å². The van der Waals surface area contributed by atoms with E-state index in [-0.39, 0.29) is 24.0 Å². The van der Waals surface area contributed by atoms with Crippen LogP contribution in [0.15, 0.2) is 49.2 Å². The summed E-state index contributed by atoms with van der Waals surface area (Å²) in [6.45, 7) is 4.59. The lowest BCUT2D eigenvalue weighted by Crippen LogP contribution is -2.16. The molecule has 0 saturated heterocycles. The number of methoxy groups -OCH3 is 1. The largest absolute Gasteiger partial charge is 0.489 e. The van der Waals surface area contributed by atoms with Crippen molar-refractivity contribution in [3.05, 3.63) is 66.3 Å². The average molecular weight is 506 g/mol. The van der Waals surface area contributed by atoms with Crippen LogP contribution in [0.5, 0.6) is 5.75 Å². The zero-order chi connectivity index (χ0) is 25.9. The summed E-state index contributed by atoms with van der Waals surface area (Å²) in [5.41, 5.74) is 1.87. The highest BCUT2D eigenvalue weighted by atomic mass is 19.1. The van der Waals surface area contributed by atoms with E-state index in [0.29, 0.717) is 35.5 Å². The molecular formula is C26H28FN7O3. The molecule has 1 aliphatic carbocycles. The number of carbonyl (C=O) groups is 1. The predicted octanol–water partition coefficient (Wildman–Crippen LogP) is 4.40. The van der Waals surface area contributed by atoms with Gasteiger partial charge in [-0.1, -0.05) is 6.07 Å². The number of anilines is 1. The van der Waals surface area contributed by atoms with Crippen molar-refractivity contribution < 1.29 is 18.7 Å². The molecule has 1 N–H and O–H groups in total. The minimum absolute atomic E-state index is 0.130. The van der Waals surface area contributed by atoms with Crippen LogP contribution in [0.3, 0.4) is 0 Å². The van der Waals surface area contributed by atoms with E-state index in [1.807, 2.05) is 24.6 Å². The second-order valence-electron chi connectivity index (χ2n) is 9.14. The van der Waals surface area contributed by atoms with E-state index in [1.165, 1.54) is 12.1 Å². The summed E-state index contributed by atoms with van der Waals surface area (Å²) in [7, 11) is 1.56. The topological polar surface area (TPSA) is 109 Å². The second kappa shape index (κ2) is 10.5. The van der Waals surface area contributed by atoms with Crippen molar-refractivity contribution in [2.45, 2.75) is 38.6 Å². The Balaban J connectivity index is 1.44. The molecule has 0 radical (unpaired) electrons. The van der Waals surface area contributed by atoms with Crippen LogP contribution in [0.1, 0.15) is 54.7 Å². The first-order valence-corrected chi connectivity index (χ1v) is 12.1. The molecule has 1 aliphatic rings. The zero-order valence-electron chi connectivity index (χ0n) is 20.9. The molecule has 4 aromatic rings. The number of aromatic nitrogens is 6. The predicted molar refractivity (Wildman–Crippen MR) is 134 cm³/mol. The van der Waals surface area contributed by atoms with Gasteiger partial charge in [-0.05, 0) is 44.9 Å². The molecule has 3 heterocycles. The van der Waals surface area contributed by atoms with Crippen LogP contribution < -0.4 is 10.1 Å². The van der Waals surface area contributed by atoms with Gasteiger partial charge in [0.1, 0.15) is 36.0 Å². The standard InChI is InChI=1S/C26H28FN7O3/c1-16(2)34-15-29-32-25(34)20-5-4-6-24(30-20)31-26(35)18-11-22(23(12-19(18)27)37-10-9-36-3)33-13-21(28-14-33)17-7-8-17/h4-6,11-17H,7-10H2,1-3H3,(H,30,31,35). The lowest BCUT2D eigenvalue weighted by atomic mass is 10.1. The Morgan fingerprint density at radius 3 is 2.81 bits per heavy atom. The molecule has 0 unspecified atom stereocenters. The number of benzene rings is 1. The number of carbonyl (C=O) groups excluding carboxylic acids is 1. The Labute approximate surface area is 213 Å². The number of imidazole rings is 1. The van der Waals surface area contributed by atoms with E-state index in [9.17, 15) is 4.79 Å². The lowest BCUT2D eigenvalue weighted by molar-refractivity contribution is 0.102. The van der Waals surface area contributed by atoms with Gasteiger partial charge in [0, 0.05) is 31.3 Å². The molecule has 0 spiro atoms. The van der Waals surface area contributed by atoms with Crippen molar-refractivity contribution in [2.24, 2.45) is 0 Å². The highest BCUT2D eigenvalue weighted by molar-refractivity contribution is 6.04. The van der Waals surface area contributed by atoms with E-state index < -0.39 is 11.7 Å². The molecule has 37 heavy (non-hydrogen) atoms. The van der Waals surface area contributed by atoms with Crippen molar-refractivity contribution >= 4 is 11.7 Å². The highest BCUT2D eigenvalue weighted by Crippen LogP contribution is 2.39. The van der Waals surface area contributed by atoms with Gasteiger partial charge in [-0.3, -0.25) is 4.79 Å². The summed E-state index contributed by atoms with van der Waals surface area (Å²) in [5, 5.41) is 10.8. The second-order valence-corrected chi connectivity index (χ2v) is 9.14. The third kappa shape index (κ3) is 5.36. The number of pyridine rings is 1. The van der Waals surface area contributed by atoms with Gasteiger partial charge < -0.3 is 23.9 Å². The van der Waals surface area contributed by atoms with Gasteiger partial charge in [-0.15, -0.1) is 10.2 Å². The maximum atomic E-state index is 15.2. The molecule has 10 nitrogen and oxygen atoms in total. The molecule has 0 aliphatic heterocycles. The van der Waals surface area contributed by atoms with E-state index in [1.54, 1.807) is 42.5 Å². The maximum absolute atomic E-state index is 15.2. The summed E-state index contributed by atoms with van der Waals surface area (Å²) in [6.07, 6.45) is 7.38. The van der Waals surface area contributed by atoms with Gasteiger partial charge in [0.15, 0.2) is 5.82 Å². The first kappa shape index (κ1) is 24.6. The summed E-state index contributed by atoms with van der Waals surface area (Å²) in [5.74, 6) is 0.220. The van der Waals surface area contributed by atoms with Gasteiger partial charge >= 0.3 is 0 Å². The van der Waals surface area contributed by atoms with E-state index >= 15 is 4.39 Å². The Morgan fingerprint density at radius 2 is 2.05 bits per heavy atom. The van der Waals surface area contributed by atoms with Crippen LogP contribution in [0, 0.1) is 5.82 Å². The average Bonchev–Trinajstić information content (AvgIpc) is 3.39. The van der Waals surface area contributed by atoms with Gasteiger partial charge in [0.05, 0.1) is 29.9 Å². The van der Waals surface area contributed by atoms with Crippen LogP contribution in [0.25, 0.3) is 17.2 Å². The summed E-state index contributed by atoms with van der Waals surface area (Å²) < 4.78 is 29.6. The van der Waals surface area contributed by atoms with Gasteiger partial charge in [-0.25, -0.2) is 14.4 Å². The molecule has 0 bridgehead atoms. The molecule has 1 aromatic carbocycles. The molecule has 192 valence electrons. The van der Waals surface area contributed by atoms with Gasteiger partial charge in [0.25, 0.3) is 5.91 Å². The Morgan fingerprint density at radius 1 is 1.22 bits per heavy atom. The monoisotopic (exact) mass is 505 g/mol. The molecular weight excluding hydrogens is 477 g/mol. The fraction of sp³-hybridized carbons (Fsp3) is 0.346. The van der Waals surface area contributed by atoms with Crippen molar-refractivity contribution in [2.75, 3.05) is 25.6 Å². The minimum Gasteiger partial charge on any atom is -0.489 e. The highest BCUT2D eigenvalue weighted by Gasteiger charge is 2.27. The first-order chi connectivity index (χ1) is 17.9. The summed E-state index contributed by atoms with van der Waals surface area (Å²) >= 11 is 0. The third-order valence-electron chi connectivity index (χ3n) is 6.06. The fourth-order valence-electron chi connectivity index (χ4n) is 3.95. The third-order valence-corrected chi connectivity index (χ3v) is 6.06. The van der Waals surface area contributed by atoms with Crippen LogP contribution in [-0.2, 0) is 4.74 Å². The number of halogens is 1. The molecule has 11 heteroatoms. The van der Waals surface area contributed by atoms with Crippen molar-refractivity contribution in [1.29, 1.82) is 0 Å². The van der Waals surface area contributed by atoms with Crippen LogP contribution >= 0.6 is 0 Å². The van der Waals surface area contributed by atoms with Crippen molar-refractivity contribution in [1.82, 2.24) is 29.3 Å². The zero-order valence-corrected chi connectivity index (χ0v) is 20.9. The number of nitrogens with zero attached hydrogens (tertiary/aromatic N) is 6. The van der Waals surface area contributed by atoms with Gasteiger partial charge in [0.2, 0.25) is 0 Å². The number of rotatable bonds is 10. The molecule has 0 atom stereocenters. The van der Waals surface area contributed by atoms with Crippen LogP contribution in [-0.4, -0.2) is 55.5 Å².